The zero-order chi connectivity index (χ0) is 9.28. The summed E-state index contributed by atoms with van der Waals surface area (Å²) in [6.45, 7) is 0. The third-order valence-corrected chi connectivity index (χ3v) is 6.70. The van der Waals surface area contributed by atoms with Gasteiger partial charge in [-0.2, -0.15) is 12.6 Å². The Morgan fingerprint density at radius 2 is 1.00 bits per heavy atom. The molecule has 0 aromatic rings. The van der Waals surface area contributed by atoms with Crippen molar-refractivity contribution in [2.24, 2.45) is 35.5 Å². The molecule has 4 aliphatic carbocycles. The predicted molar refractivity (Wildman–Crippen MR) is 61.4 cm³/mol. The Balaban J connectivity index is 1.69. The van der Waals surface area contributed by atoms with Gasteiger partial charge in [0.1, 0.15) is 0 Å². The van der Waals surface area contributed by atoms with Crippen LogP contribution in [0.4, 0.5) is 0 Å². The minimum Gasteiger partial charge on any atom is -0.176 e. The van der Waals surface area contributed by atoms with E-state index in [-0.39, 0.29) is 0 Å². The van der Waals surface area contributed by atoms with Crippen LogP contribution in [-0.4, -0.2) is 5.25 Å². The number of fused-ring (bicyclic) bond motifs is 6. The molecule has 0 N–H and O–H groups in total. The van der Waals surface area contributed by atoms with Crippen molar-refractivity contribution in [3.05, 3.63) is 0 Å². The Morgan fingerprint density at radius 3 is 1.50 bits per heavy atom. The summed E-state index contributed by atoms with van der Waals surface area (Å²) in [5.41, 5.74) is 0. The molecule has 0 radical (unpaired) electrons. The van der Waals surface area contributed by atoms with Crippen molar-refractivity contribution in [2.45, 2.75) is 43.8 Å². The molecule has 78 valence electrons. The molecule has 1 heteroatoms. The molecule has 0 aromatic carbocycles. The maximum absolute atomic E-state index is 4.84. The second-order valence-electron chi connectivity index (χ2n) is 6.20. The minimum atomic E-state index is 0.773. The minimum absolute atomic E-state index is 0.773. The van der Waals surface area contributed by atoms with E-state index >= 15 is 0 Å². The number of rotatable bonds is 0. The summed E-state index contributed by atoms with van der Waals surface area (Å²) >= 11 is 4.84. The molecular weight excluding hydrogens is 188 g/mol. The largest absolute Gasteiger partial charge is 0.176 e. The van der Waals surface area contributed by atoms with Crippen LogP contribution in [0.25, 0.3) is 0 Å². The monoisotopic (exact) mass is 208 g/mol. The average Bonchev–Trinajstić information content (AvgIpc) is 2.41. The highest BCUT2D eigenvalue weighted by atomic mass is 32.1. The second kappa shape index (κ2) is 2.72. The van der Waals surface area contributed by atoms with Crippen LogP contribution >= 0.6 is 12.6 Å². The molecule has 0 aliphatic heterocycles. The van der Waals surface area contributed by atoms with Gasteiger partial charge >= 0.3 is 0 Å². The van der Waals surface area contributed by atoms with Gasteiger partial charge < -0.3 is 0 Å². The third-order valence-electron chi connectivity index (χ3n) is 6.10. The lowest BCUT2D eigenvalue weighted by molar-refractivity contribution is -0.113. The van der Waals surface area contributed by atoms with Crippen molar-refractivity contribution >= 4 is 12.6 Å². The van der Waals surface area contributed by atoms with Crippen LogP contribution in [0.1, 0.15) is 38.5 Å². The maximum atomic E-state index is 4.84. The van der Waals surface area contributed by atoms with Gasteiger partial charge in [-0.3, -0.25) is 0 Å². The lowest BCUT2D eigenvalue weighted by atomic mass is 9.45. The van der Waals surface area contributed by atoms with Crippen molar-refractivity contribution in [3.8, 4) is 0 Å². The molecule has 0 bridgehead atoms. The zero-order valence-corrected chi connectivity index (χ0v) is 9.63. The van der Waals surface area contributed by atoms with Crippen LogP contribution in [-0.2, 0) is 0 Å². The molecule has 4 saturated carbocycles. The van der Waals surface area contributed by atoms with Crippen molar-refractivity contribution in [1.82, 2.24) is 0 Å². The molecule has 0 heterocycles. The fourth-order valence-corrected chi connectivity index (χ4v) is 5.90. The van der Waals surface area contributed by atoms with Crippen molar-refractivity contribution in [1.29, 1.82) is 0 Å². The summed E-state index contributed by atoms with van der Waals surface area (Å²) in [5, 5.41) is 0.773. The standard InChI is InChI=1S/C13H20S/c14-12-6-5-11-8-2-1-7(8)9-3-4-10(9)13(11)12/h7-14H,1-6H2. The molecule has 0 nitrogen and oxygen atoms in total. The van der Waals surface area contributed by atoms with Crippen LogP contribution in [0.2, 0.25) is 0 Å². The molecule has 0 saturated heterocycles. The van der Waals surface area contributed by atoms with E-state index in [0.717, 1.165) is 34.8 Å². The molecule has 14 heavy (non-hydrogen) atoms. The molecule has 7 unspecified atom stereocenters. The fraction of sp³-hybridized carbons (Fsp3) is 1.00. The summed E-state index contributed by atoms with van der Waals surface area (Å²) in [5.74, 6) is 6.75. The lowest BCUT2D eigenvalue weighted by Crippen LogP contribution is -2.54. The van der Waals surface area contributed by atoms with Gasteiger partial charge in [0.05, 0.1) is 0 Å². The Bertz CT molecular complexity index is 262. The molecule has 0 amide bonds. The Labute approximate surface area is 92.3 Å². The second-order valence-corrected chi connectivity index (χ2v) is 6.86. The smallest absolute Gasteiger partial charge is 0.00506 e. The molecule has 4 fully saturated rings. The Morgan fingerprint density at radius 1 is 0.571 bits per heavy atom. The summed E-state index contributed by atoms with van der Waals surface area (Å²) in [6.07, 6.45) is 9.19. The highest BCUT2D eigenvalue weighted by Crippen LogP contribution is 2.66. The van der Waals surface area contributed by atoms with E-state index in [1.54, 1.807) is 25.7 Å². The first-order valence-corrected chi connectivity index (χ1v) is 7.06. The van der Waals surface area contributed by atoms with E-state index in [2.05, 4.69) is 0 Å². The number of hydrogen-bond donors (Lipinski definition) is 1. The van der Waals surface area contributed by atoms with Crippen LogP contribution in [0.15, 0.2) is 0 Å². The summed E-state index contributed by atoms with van der Waals surface area (Å²) in [6, 6.07) is 0. The third kappa shape index (κ3) is 0.847. The van der Waals surface area contributed by atoms with Crippen LogP contribution in [0.5, 0.6) is 0 Å². The normalized spacial score (nSPS) is 64.5. The van der Waals surface area contributed by atoms with E-state index in [9.17, 15) is 0 Å². The first-order valence-electron chi connectivity index (χ1n) is 6.54. The van der Waals surface area contributed by atoms with E-state index < -0.39 is 0 Å². The van der Waals surface area contributed by atoms with Gasteiger partial charge in [-0.1, -0.05) is 0 Å². The van der Waals surface area contributed by atoms with Gasteiger partial charge in [-0.15, -0.1) is 0 Å². The lowest BCUT2D eigenvalue weighted by Gasteiger charge is -2.61. The zero-order valence-electron chi connectivity index (χ0n) is 8.73. The first-order chi connectivity index (χ1) is 6.86. The summed E-state index contributed by atoms with van der Waals surface area (Å²) in [4.78, 5) is 0. The quantitative estimate of drug-likeness (QED) is 0.580. The molecular formula is C13H20S. The SMILES string of the molecule is SC1CCC2C3CCC3C3CCC3C12. The van der Waals surface area contributed by atoms with E-state index in [1.807, 2.05) is 0 Å². The molecule has 0 aromatic heterocycles. The van der Waals surface area contributed by atoms with E-state index in [0.29, 0.717) is 0 Å². The highest BCUT2D eigenvalue weighted by molar-refractivity contribution is 7.81. The maximum Gasteiger partial charge on any atom is 0.00506 e. The van der Waals surface area contributed by atoms with Crippen molar-refractivity contribution in [3.63, 3.8) is 0 Å². The van der Waals surface area contributed by atoms with Crippen LogP contribution < -0.4 is 0 Å². The van der Waals surface area contributed by atoms with Crippen molar-refractivity contribution < 1.29 is 0 Å². The van der Waals surface area contributed by atoms with Crippen LogP contribution in [0, 0.1) is 35.5 Å². The van der Waals surface area contributed by atoms with E-state index in [1.165, 1.54) is 18.8 Å². The molecule has 4 aliphatic rings. The predicted octanol–water partition coefficient (Wildman–Crippen LogP) is 3.38. The first kappa shape index (κ1) is 8.50. The fourth-order valence-electron chi connectivity index (χ4n) is 5.31. The van der Waals surface area contributed by atoms with Gasteiger partial charge in [-0.05, 0) is 74.0 Å². The topological polar surface area (TPSA) is 0 Å². The highest BCUT2D eigenvalue weighted by Gasteiger charge is 2.59. The summed E-state index contributed by atoms with van der Waals surface area (Å²) < 4.78 is 0. The molecule has 0 spiro atoms. The average molecular weight is 208 g/mol. The Kier molecular flexibility index (Phi) is 1.65. The van der Waals surface area contributed by atoms with Gasteiger partial charge in [0.15, 0.2) is 0 Å². The number of thiol groups is 1. The van der Waals surface area contributed by atoms with Crippen LogP contribution in [0.3, 0.4) is 0 Å². The van der Waals surface area contributed by atoms with Gasteiger partial charge in [0.2, 0.25) is 0 Å². The Hall–Kier alpha value is 0.350. The summed E-state index contributed by atoms with van der Waals surface area (Å²) in [7, 11) is 0. The van der Waals surface area contributed by atoms with E-state index in [4.69, 9.17) is 12.6 Å². The van der Waals surface area contributed by atoms with Crippen molar-refractivity contribution in [2.75, 3.05) is 0 Å². The van der Waals surface area contributed by atoms with Gasteiger partial charge in [0.25, 0.3) is 0 Å². The number of hydrogen-bond acceptors (Lipinski definition) is 1. The molecule has 7 atom stereocenters. The van der Waals surface area contributed by atoms with Gasteiger partial charge in [0, 0.05) is 5.25 Å². The molecule has 4 rings (SSSR count). The van der Waals surface area contributed by atoms with Gasteiger partial charge in [-0.25, -0.2) is 0 Å².